The summed E-state index contributed by atoms with van der Waals surface area (Å²) in [6.45, 7) is 0. The highest BCUT2D eigenvalue weighted by molar-refractivity contribution is 6.06. The lowest BCUT2D eigenvalue weighted by atomic mass is 9.85. The van der Waals surface area contributed by atoms with Crippen LogP contribution in [0.3, 0.4) is 0 Å². The summed E-state index contributed by atoms with van der Waals surface area (Å²) in [6.07, 6.45) is 6.52. The van der Waals surface area contributed by atoms with Crippen molar-refractivity contribution in [3.05, 3.63) is 35.9 Å². The highest BCUT2D eigenvalue weighted by atomic mass is 16.5. The Morgan fingerprint density at radius 3 is 2.33 bits per heavy atom. The molecule has 3 aliphatic rings. The van der Waals surface area contributed by atoms with Gasteiger partial charge in [-0.05, 0) is 36.5 Å². The summed E-state index contributed by atoms with van der Waals surface area (Å²) in [6, 6.07) is 5.28. The van der Waals surface area contributed by atoms with Crippen LogP contribution in [0.25, 0.3) is 0 Å². The van der Waals surface area contributed by atoms with Gasteiger partial charge in [0.15, 0.2) is 0 Å². The molecule has 6 nitrogen and oxygen atoms in total. The predicted octanol–water partition coefficient (Wildman–Crippen LogP) is 1.84. The van der Waals surface area contributed by atoms with Crippen LogP contribution in [0, 0.1) is 23.7 Å². The first-order chi connectivity index (χ1) is 11.6. The van der Waals surface area contributed by atoms with E-state index in [2.05, 4.69) is 17.3 Å². The van der Waals surface area contributed by atoms with Crippen LogP contribution in [0.15, 0.2) is 35.5 Å². The molecule has 2 amide bonds. The number of carbonyl (C=O) groups is 2. The van der Waals surface area contributed by atoms with E-state index in [-0.39, 0.29) is 35.5 Å². The first-order valence-corrected chi connectivity index (χ1v) is 7.96. The van der Waals surface area contributed by atoms with Crippen LogP contribution < -0.4 is 9.47 Å². The summed E-state index contributed by atoms with van der Waals surface area (Å²) in [5.41, 5.74) is 0.649. The number of allylic oxidation sites excluding steroid dienone is 2. The summed E-state index contributed by atoms with van der Waals surface area (Å²) in [7, 11) is 3.12. The molecule has 124 valence electrons. The van der Waals surface area contributed by atoms with Gasteiger partial charge < -0.3 is 9.47 Å². The van der Waals surface area contributed by atoms with Gasteiger partial charge in [-0.1, -0.05) is 12.2 Å². The van der Waals surface area contributed by atoms with Crippen molar-refractivity contribution in [2.75, 3.05) is 14.2 Å². The number of hydrazone groups is 1. The van der Waals surface area contributed by atoms with E-state index >= 15 is 0 Å². The number of carbonyl (C=O) groups excluding carboxylic acids is 2. The van der Waals surface area contributed by atoms with Crippen LogP contribution in [0.2, 0.25) is 0 Å². The fourth-order valence-corrected chi connectivity index (χ4v) is 4.06. The summed E-state index contributed by atoms with van der Waals surface area (Å²) in [5.74, 6) is 0.746. The van der Waals surface area contributed by atoms with Gasteiger partial charge in [-0.2, -0.15) is 10.1 Å². The Kier molecular flexibility index (Phi) is 3.40. The van der Waals surface area contributed by atoms with Gasteiger partial charge in [0.2, 0.25) is 0 Å². The lowest BCUT2D eigenvalue weighted by molar-refractivity contribution is -0.140. The van der Waals surface area contributed by atoms with Crippen LogP contribution in [0.4, 0.5) is 0 Å². The van der Waals surface area contributed by atoms with Crippen LogP contribution in [-0.4, -0.2) is 37.3 Å². The molecule has 4 atom stereocenters. The zero-order valence-electron chi connectivity index (χ0n) is 13.5. The predicted molar refractivity (Wildman–Crippen MR) is 86.7 cm³/mol. The highest BCUT2D eigenvalue weighted by Gasteiger charge is 2.59. The minimum absolute atomic E-state index is 0.183. The Balaban J connectivity index is 1.61. The van der Waals surface area contributed by atoms with Crippen molar-refractivity contribution in [3.8, 4) is 11.5 Å². The Hall–Kier alpha value is -2.63. The molecule has 1 aromatic carbocycles. The second-order valence-corrected chi connectivity index (χ2v) is 6.34. The fourth-order valence-electron chi connectivity index (χ4n) is 4.06. The number of hydrogen-bond donors (Lipinski definition) is 0. The molecule has 4 rings (SSSR count). The second kappa shape index (κ2) is 5.47. The molecule has 2 fully saturated rings. The molecule has 0 aromatic heterocycles. The van der Waals surface area contributed by atoms with Crippen LogP contribution in [0.1, 0.15) is 12.0 Å². The van der Waals surface area contributed by atoms with Gasteiger partial charge in [0.05, 0.1) is 32.3 Å². The maximum absolute atomic E-state index is 12.6. The quantitative estimate of drug-likeness (QED) is 0.481. The van der Waals surface area contributed by atoms with Crippen molar-refractivity contribution in [3.63, 3.8) is 0 Å². The number of amides is 2. The number of benzene rings is 1. The molecular weight excluding hydrogens is 308 g/mol. The van der Waals surface area contributed by atoms with Crippen molar-refractivity contribution >= 4 is 18.0 Å². The molecular formula is C18H18N2O4. The van der Waals surface area contributed by atoms with E-state index in [9.17, 15) is 9.59 Å². The van der Waals surface area contributed by atoms with Crippen molar-refractivity contribution in [2.24, 2.45) is 28.8 Å². The largest absolute Gasteiger partial charge is 0.497 e. The van der Waals surface area contributed by atoms with Crippen molar-refractivity contribution in [1.29, 1.82) is 0 Å². The molecule has 0 radical (unpaired) electrons. The molecule has 1 saturated carbocycles. The molecule has 2 aliphatic carbocycles. The number of rotatable bonds is 4. The number of methoxy groups -OCH3 is 2. The molecule has 1 aromatic rings. The average Bonchev–Trinajstić information content (AvgIpc) is 3.28. The van der Waals surface area contributed by atoms with E-state index in [1.807, 2.05) is 0 Å². The van der Waals surface area contributed by atoms with Gasteiger partial charge in [-0.3, -0.25) is 9.59 Å². The van der Waals surface area contributed by atoms with Crippen molar-refractivity contribution < 1.29 is 19.1 Å². The summed E-state index contributed by atoms with van der Waals surface area (Å²) >= 11 is 0. The smallest absolute Gasteiger partial charge is 0.254 e. The topological polar surface area (TPSA) is 68.2 Å². The standard InChI is InChI=1S/C18H18N2O4/c1-23-13-5-6-14(24-2)12(8-13)9-19-20-17(21)15-10-3-4-11(7-10)16(15)18(20)22/h3-6,8-11,15-16H,7H2,1-2H3/b19-9+/t10-,11+,15-,16+. The molecule has 0 N–H and O–H groups in total. The molecule has 6 heteroatoms. The van der Waals surface area contributed by atoms with Crippen LogP contribution >= 0.6 is 0 Å². The van der Waals surface area contributed by atoms with Gasteiger partial charge in [-0.15, -0.1) is 0 Å². The normalized spacial score (nSPS) is 30.5. The minimum atomic E-state index is -0.239. The molecule has 1 saturated heterocycles. The molecule has 1 heterocycles. The van der Waals surface area contributed by atoms with E-state index in [1.165, 1.54) is 6.21 Å². The third-order valence-electron chi connectivity index (χ3n) is 5.20. The lowest BCUT2D eigenvalue weighted by Crippen LogP contribution is -2.28. The summed E-state index contributed by atoms with van der Waals surface area (Å²) in [5, 5.41) is 5.19. The van der Waals surface area contributed by atoms with E-state index in [0.29, 0.717) is 17.1 Å². The Morgan fingerprint density at radius 1 is 1.08 bits per heavy atom. The van der Waals surface area contributed by atoms with Gasteiger partial charge in [0, 0.05) is 5.56 Å². The van der Waals surface area contributed by atoms with E-state index < -0.39 is 0 Å². The Morgan fingerprint density at radius 2 is 1.75 bits per heavy atom. The third-order valence-corrected chi connectivity index (χ3v) is 5.20. The van der Waals surface area contributed by atoms with Crippen molar-refractivity contribution in [2.45, 2.75) is 6.42 Å². The Labute approximate surface area is 139 Å². The first kappa shape index (κ1) is 14.9. The van der Waals surface area contributed by atoms with E-state index in [0.717, 1.165) is 11.4 Å². The maximum Gasteiger partial charge on any atom is 0.254 e. The monoisotopic (exact) mass is 326 g/mol. The molecule has 1 aliphatic heterocycles. The average molecular weight is 326 g/mol. The van der Waals surface area contributed by atoms with Gasteiger partial charge in [0.25, 0.3) is 11.8 Å². The van der Waals surface area contributed by atoms with E-state index in [4.69, 9.17) is 9.47 Å². The molecule has 0 spiro atoms. The zero-order chi connectivity index (χ0) is 16.8. The SMILES string of the molecule is COc1ccc(OC)c(/C=N/N2C(=O)[C@@H]3[C@H](C2=O)[C@@H]2C=C[C@H]3C2)c1. The minimum Gasteiger partial charge on any atom is -0.497 e. The maximum atomic E-state index is 12.6. The number of imide groups is 1. The second-order valence-electron chi connectivity index (χ2n) is 6.34. The number of ether oxygens (including phenoxy) is 2. The number of fused-ring (bicyclic) bond motifs is 5. The van der Waals surface area contributed by atoms with Gasteiger partial charge in [0.1, 0.15) is 11.5 Å². The number of nitrogens with zero attached hydrogens (tertiary/aromatic N) is 2. The first-order valence-electron chi connectivity index (χ1n) is 7.96. The van der Waals surface area contributed by atoms with Crippen LogP contribution in [0.5, 0.6) is 11.5 Å². The third kappa shape index (κ3) is 2.06. The van der Waals surface area contributed by atoms with Crippen molar-refractivity contribution in [1.82, 2.24) is 5.01 Å². The van der Waals surface area contributed by atoms with Gasteiger partial charge >= 0.3 is 0 Å². The summed E-state index contributed by atoms with van der Waals surface area (Å²) < 4.78 is 10.5. The fraction of sp³-hybridized carbons (Fsp3) is 0.389. The summed E-state index contributed by atoms with van der Waals surface area (Å²) in [4.78, 5) is 25.2. The Bertz CT molecular complexity index is 740. The number of hydrogen-bond acceptors (Lipinski definition) is 5. The van der Waals surface area contributed by atoms with E-state index in [1.54, 1.807) is 32.4 Å². The zero-order valence-corrected chi connectivity index (χ0v) is 13.5. The van der Waals surface area contributed by atoms with Crippen LogP contribution in [-0.2, 0) is 9.59 Å². The molecule has 0 unspecified atom stereocenters. The highest BCUT2D eigenvalue weighted by Crippen LogP contribution is 2.52. The lowest BCUT2D eigenvalue weighted by Gasteiger charge is -2.13. The van der Waals surface area contributed by atoms with Gasteiger partial charge in [-0.25, -0.2) is 0 Å². The molecule has 2 bridgehead atoms. The molecule has 24 heavy (non-hydrogen) atoms.